The summed E-state index contributed by atoms with van der Waals surface area (Å²) < 4.78 is 32.6. The molecule has 0 N–H and O–H groups in total. The summed E-state index contributed by atoms with van der Waals surface area (Å²) in [6.45, 7) is 1.24. The molecule has 3 rings (SSSR count). The molecule has 0 radical (unpaired) electrons. The Kier molecular flexibility index (Phi) is 5.60. The molecule has 0 amide bonds. The largest absolute Gasteiger partial charge is 0.375 e. The van der Waals surface area contributed by atoms with E-state index in [1.54, 1.807) is 18.3 Å². The highest BCUT2D eigenvalue weighted by Crippen LogP contribution is 2.20. The minimum Gasteiger partial charge on any atom is -0.375 e. The number of morpholine rings is 1. The molecule has 1 aromatic carbocycles. The van der Waals surface area contributed by atoms with E-state index < -0.39 is 10.0 Å². The van der Waals surface area contributed by atoms with E-state index in [0.717, 1.165) is 19.3 Å². The van der Waals surface area contributed by atoms with Crippen molar-refractivity contribution >= 4 is 10.0 Å². The van der Waals surface area contributed by atoms with Gasteiger partial charge in [0.05, 0.1) is 12.7 Å². The molecule has 0 saturated carbocycles. The normalized spacial score (nSPS) is 19.2. The lowest BCUT2D eigenvalue weighted by Gasteiger charge is -2.32. The van der Waals surface area contributed by atoms with Crippen LogP contribution < -0.4 is 0 Å². The Labute approximate surface area is 143 Å². The van der Waals surface area contributed by atoms with Gasteiger partial charge < -0.3 is 4.74 Å². The molecule has 6 heteroatoms. The lowest BCUT2D eigenvalue weighted by molar-refractivity contribution is -0.00640. The van der Waals surface area contributed by atoms with E-state index in [1.165, 1.54) is 16.1 Å². The van der Waals surface area contributed by atoms with Crippen molar-refractivity contribution < 1.29 is 13.2 Å². The van der Waals surface area contributed by atoms with Crippen molar-refractivity contribution in [1.29, 1.82) is 0 Å². The van der Waals surface area contributed by atoms with Gasteiger partial charge in [0, 0.05) is 25.5 Å². The van der Waals surface area contributed by atoms with E-state index in [4.69, 9.17) is 4.74 Å². The van der Waals surface area contributed by atoms with Gasteiger partial charge in [-0.15, -0.1) is 0 Å². The van der Waals surface area contributed by atoms with Crippen molar-refractivity contribution in [2.45, 2.75) is 30.3 Å². The molecule has 1 unspecified atom stereocenters. The second-order valence-corrected chi connectivity index (χ2v) is 7.86. The van der Waals surface area contributed by atoms with Crippen molar-refractivity contribution in [3.63, 3.8) is 0 Å². The predicted molar refractivity (Wildman–Crippen MR) is 92.1 cm³/mol. The van der Waals surface area contributed by atoms with Crippen LogP contribution >= 0.6 is 0 Å². The molecule has 0 aliphatic carbocycles. The summed E-state index contributed by atoms with van der Waals surface area (Å²) in [5, 5.41) is 0. The molecule has 1 saturated heterocycles. The standard InChI is InChI=1S/C18H22N2O3S/c21-24(22,18-10-5-11-19-14-18)20-12-13-23-17(15-20)9-4-8-16-6-2-1-3-7-16/h1-3,5-7,10-11,14,17H,4,8-9,12-13,15H2. The second-order valence-electron chi connectivity index (χ2n) is 5.92. The van der Waals surface area contributed by atoms with Gasteiger partial charge in [-0.2, -0.15) is 4.31 Å². The first-order valence-corrected chi connectivity index (χ1v) is 9.66. The zero-order valence-corrected chi connectivity index (χ0v) is 14.4. The second kappa shape index (κ2) is 7.88. The van der Waals surface area contributed by atoms with Crippen molar-refractivity contribution in [2.24, 2.45) is 0 Å². The average Bonchev–Trinajstić information content (AvgIpc) is 2.64. The molecule has 2 heterocycles. The lowest BCUT2D eigenvalue weighted by Crippen LogP contribution is -2.45. The Bertz CT molecular complexity index is 735. The number of aryl methyl sites for hydroxylation is 1. The van der Waals surface area contributed by atoms with E-state index in [1.807, 2.05) is 18.2 Å². The molecule has 1 aromatic heterocycles. The number of hydrogen-bond donors (Lipinski definition) is 0. The molecule has 24 heavy (non-hydrogen) atoms. The van der Waals surface area contributed by atoms with E-state index >= 15 is 0 Å². The third-order valence-corrected chi connectivity index (χ3v) is 6.06. The predicted octanol–water partition coefficient (Wildman–Crippen LogP) is 2.49. The first kappa shape index (κ1) is 17.1. The Morgan fingerprint density at radius 2 is 2.00 bits per heavy atom. The fourth-order valence-corrected chi connectivity index (χ4v) is 4.33. The molecule has 0 bridgehead atoms. The van der Waals surface area contributed by atoms with Crippen LogP contribution in [0, 0.1) is 0 Å². The van der Waals surface area contributed by atoms with Crippen LogP contribution in [0.25, 0.3) is 0 Å². The summed E-state index contributed by atoms with van der Waals surface area (Å²) >= 11 is 0. The van der Waals surface area contributed by atoms with Gasteiger partial charge in [0.2, 0.25) is 10.0 Å². The van der Waals surface area contributed by atoms with Crippen LogP contribution in [0.1, 0.15) is 18.4 Å². The molecular formula is C18H22N2O3S. The molecule has 1 aliphatic rings. The van der Waals surface area contributed by atoms with Gasteiger partial charge >= 0.3 is 0 Å². The zero-order valence-electron chi connectivity index (χ0n) is 13.5. The maximum absolute atomic E-state index is 12.7. The third-order valence-electron chi connectivity index (χ3n) is 4.21. The van der Waals surface area contributed by atoms with Crippen LogP contribution in [0.5, 0.6) is 0 Å². The highest BCUT2D eigenvalue weighted by molar-refractivity contribution is 7.89. The monoisotopic (exact) mass is 346 g/mol. The van der Waals surface area contributed by atoms with Gasteiger partial charge in [-0.25, -0.2) is 8.42 Å². The number of aromatic nitrogens is 1. The van der Waals surface area contributed by atoms with E-state index in [-0.39, 0.29) is 11.0 Å². The summed E-state index contributed by atoms with van der Waals surface area (Å²) in [6, 6.07) is 13.5. The number of ether oxygens (including phenoxy) is 1. The van der Waals surface area contributed by atoms with E-state index in [2.05, 4.69) is 17.1 Å². The highest BCUT2D eigenvalue weighted by Gasteiger charge is 2.30. The van der Waals surface area contributed by atoms with Gasteiger partial charge in [-0.1, -0.05) is 30.3 Å². The van der Waals surface area contributed by atoms with Crippen molar-refractivity contribution in [1.82, 2.24) is 9.29 Å². The quantitative estimate of drug-likeness (QED) is 0.806. The van der Waals surface area contributed by atoms with E-state index in [0.29, 0.717) is 19.7 Å². The van der Waals surface area contributed by atoms with Gasteiger partial charge in [0.1, 0.15) is 4.90 Å². The number of sulfonamides is 1. The SMILES string of the molecule is O=S(=O)(c1cccnc1)N1CCOC(CCCc2ccccc2)C1. The van der Waals surface area contributed by atoms with Gasteiger partial charge in [0.15, 0.2) is 0 Å². The number of pyridine rings is 1. The number of hydrogen-bond acceptors (Lipinski definition) is 4. The van der Waals surface area contributed by atoms with Crippen LogP contribution in [0.4, 0.5) is 0 Å². The topological polar surface area (TPSA) is 59.5 Å². The van der Waals surface area contributed by atoms with Crippen molar-refractivity contribution in [3.05, 3.63) is 60.4 Å². The summed E-state index contributed by atoms with van der Waals surface area (Å²) in [5.74, 6) is 0. The summed E-state index contributed by atoms with van der Waals surface area (Å²) in [6.07, 6.45) is 5.74. The van der Waals surface area contributed by atoms with Gasteiger partial charge in [-0.3, -0.25) is 4.98 Å². The Hall–Kier alpha value is -1.76. The average molecular weight is 346 g/mol. The molecule has 128 valence electrons. The molecular weight excluding hydrogens is 324 g/mol. The summed E-state index contributed by atoms with van der Waals surface area (Å²) in [4.78, 5) is 4.16. The fourth-order valence-electron chi connectivity index (χ4n) is 2.91. The third kappa shape index (κ3) is 4.20. The summed E-state index contributed by atoms with van der Waals surface area (Å²) in [5.41, 5.74) is 1.30. The zero-order chi connectivity index (χ0) is 16.8. The van der Waals surface area contributed by atoms with Gasteiger partial charge in [0.25, 0.3) is 0 Å². The molecule has 1 atom stereocenters. The molecule has 1 aliphatic heterocycles. The first-order chi connectivity index (χ1) is 11.7. The number of rotatable bonds is 6. The first-order valence-electron chi connectivity index (χ1n) is 8.22. The number of benzene rings is 1. The highest BCUT2D eigenvalue weighted by atomic mass is 32.2. The maximum atomic E-state index is 12.7. The van der Waals surface area contributed by atoms with Gasteiger partial charge in [-0.05, 0) is 37.0 Å². The molecule has 5 nitrogen and oxygen atoms in total. The minimum absolute atomic E-state index is 0.0473. The molecule has 2 aromatic rings. The maximum Gasteiger partial charge on any atom is 0.244 e. The Morgan fingerprint density at radius 1 is 1.17 bits per heavy atom. The molecule has 0 spiro atoms. The van der Waals surface area contributed by atoms with Crippen molar-refractivity contribution in [3.8, 4) is 0 Å². The molecule has 1 fully saturated rings. The minimum atomic E-state index is -3.48. The van der Waals surface area contributed by atoms with Crippen LogP contribution in [-0.2, 0) is 21.2 Å². The van der Waals surface area contributed by atoms with Crippen LogP contribution in [0.2, 0.25) is 0 Å². The summed E-state index contributed by atoms with van der Waals surface area (Å²) in [7, 11) is -3.48. The smallest absolute Gasteiger partial charge is 0.244 e. The van der Waals surface area contributed by atoms with Crippen molar-refractivity contribution in [2.75, 3.05) is 19.7 Å². The van der Waals surface area contributed by atoms with Crippen LogP contribution in [0.3, 0.4) is 0 Å². The Morgan fingerprint density at radius 3 is 2.75 bits per heavy atom. The fraction of sp³-hybridized carbons (Fsp3) is 0.389. The van der Waals surface area contributed by atoms with E-state index in [9.17, 15) is 8.42 Å². The lowest BCUT2D eigenvalue weighted by atomic mass is 10.1. The Balaban J connectivity index is 1.56. The van der Waals surface area contributed by atoms with Crippen LogP contribution in [0.15, 0.2) is 59.8 Å². The van der Waals surface area contributed by atoms with Crippen LogP contribution in [-0.4, -0.2) is 43.5 Å². The number of nitrogens with zero attached hydrogens (tertiary/aromatic N) is 2.